The summed E-state index contributed by atoms with van der Waals surface area (Å²) < 4.78 is 7.73. The van der Waals surface area contributed by atoms with E-state index in [0.717, 1.165) is 46.2 Å². The van der Waals surface area contributed by atoms with Crippen LogP contribution in [0.2, 0.25) is 0 Å². The topological polar surface area (TPSA) is 21.3 Å². The molecule has 0 saturated heterocycles. The van der Waals surface area contributed by atoms with Gasteiger partial charge in [-0.15, -0.1) is 0 Å². The Bertz CT molecular complexity index is 409. The van der Waals surface area contributed by atoms with Crippen molar-refractivity contribution in [3.63, 3.8) is 0 Å². The molecule has 0 atom stereocenters. The zero-order valence-electron chi connectivity index (χ0n) is 11.6. The molecule has 1 aromatic carbocycles. The summed E-state index contributed by atoms with van der Waals surface area (Å²) in [7, 11) is 0. The molecular weight excluding hydrogens is 370 g/mol. The summed E-state index contributed by atoms with van der Waals surface area (Å²) in [4.78, 5) is 0. The van der Waals surface area contributed by atoms with Gasteiger partial charge < -0.3 is 10.1 Å². The minimum Gasteiger partial charge on any atom is -0.487 e. The lowest BCUT2D eigenvalue weighted by atomic mass is 10.2. The van der Waals surface area contributed by atoms with Crippen LogP contribution in [0.4, 0.5) is 0 Å². The maximum Gasteiger partial charge on any atom is 0.148 e. The van der Waals surface area contributed by atoms with Crippen molar-refractivity contribution in [3.05, 3.63) is 38.8 Å². The molecule has 0 heterocycles. The Morgan fingerprint density at radius 3 is 2.42 bits per heavy atom. The monoisotopic (exact) mass is 389 g/mol. The van der Waals surface area contributed by atoms with Gasteiger partial charge in [0.25, 0.3) is 0 Å². The molecule has 0 amide bonds. The molecule has 4 heteroatoms. The Labute approximate surface area is 132 Å². The number of hydrogen-bond donors (Lipinski definition) is 1. The number of nitrogens with one attached hydrogen (secondary N) is 1. The summed E-state index contributed by atoms with van der Waals surface area (Å²) in [6.45, 7) is 10.7. The second-order valence-electron chi connectivity index (χ2n) is 4.46. The standard InChI is InChI=1S/C15H21Br2NO/c1-4-6-18-9-12-7-13(16)15(14(17)8-12)19-10-11(3)5-2/h7-8,18H,3-6,9-10H2,1-2H3. The fourth-order valence-electron chi connectivity index (χ4n) is 1.54. The van der Waals surface area contributed by atoms with E-state index in [2.05, 4.69) is 69.7 Å². The third-order valence-corrected chi connectivity index (χ3v) is 3.91. The molecule has 0 saturated carbocycles. The lowest BCUT2D eigenvalue weighted by molar-refractivity contribution is 0.344. The van der Waals surface area contributed by atoms with Gasteiger partial charge in [0.15, 0.2) is 0 Å². The Morgan fingerprint density at radius 2 is 1.89 bits per heavy atom. The molecule has 0 aliphatic heterocycles. The minimum absolute atomic E-state index is 0.557. The van der Waals surface area contributed by atoms with E-state index in [1.807, 2.05) is 0 Å². The molecule has 0 radical (unpaired) electrons. The van der Waals surface area contributed by atoms with Gasteiger partial charge in [0, 0.05) is 6.54 Å². The molecule has 0 aliphatic rings. The van der Waals surface area contributed by atoms with E-state index in [1.165, 1.54) is 5.56 Å². The third kappa shape index (κ3) is 5.67. The third-order valence-electron chi connectivity index (χ3n) is 2.73. The number of benzene rings is 1. The predicted octanol–water partition coefficient (Wildman–Crippen LogP) is 5.06. The molecule has 0 unspecified atom stereocenters. The highest BCUT2D eigenvalue weighted by Gasteiger charge is 2.09. The van der Waals surface area contributed by atoms with Gasteiger partial charge in [0.05, 0.1) is 8.95 Å². The molecule has 1 aromatic rings. The first kappa shape index (κ1) is 16.7. The van der Waals surface area contributed by atoms with Crippen molar-refractivity contribution < 1.29 is 4.74 Å². The van der Waals surface area contributed by atoms with Crippen molar-refractivity contribution in [1.82, 2.24) is 5.32 Å². The Balaban J connectivity index is 2.71. The van der Waals surface area contributed by atoms with E-state index >= 15 is 0 Å². The van der Waals surface area contributed by atoms with Gasteiger partial charge in [-0.3, -0.25) is 0 Å². The van der Waals surface area contributed by atoms with Gasteiger partial charge in [0.1, 0.15) is 12.4 Å². The van der Waals surface area contributed by atoms with Gasteiger partial charge in [-0.2, -0.15) is 0 Å². The lowest BCUT2D eigenvalue weighted by Crippen LogP contribution is -2.13. The van der Waals surface area contributed by atoms with Gasteiger partial charge in [-0.05, 0) is 74.5 Å². The van der Waals surface area contributed by atoms with Crippen molar-refractivity contribution in [2.75, 3.05) is 13.2 Å². The first-order valence-corrected chi connectivity index (χ1v) is 8.15. The first-order valence-electron chi connectivity index (χ1n) is 6.56. The molecule has 0 aliphatic carbocycles. The highest BCUT2D eigenvalue weighted by Crippen LogP contribution is 2.35. The van der Waals surface area contributed by atoms with Crippen LogP contribution in [-0.2, 0) is 6.54 Å². The number of halogens is 2. The van der Waals surface area contributed by atoms with Crippen LogP contribution in [0.15, 0.2) is 33.2 Å². The smallest absolute Gasteiger partial charge is 0.148 e. The number of hydrogen-bond acceptors (Lipinski definition) is 2. The molecule has 0 aromatic heterocycles. The van der Waals surface area contributed by atoms with Crippen LogP contribution in [0.25, 0.3) is 0 Å². The summed E-state index contributed by atoms with van der Waals surface area (Å²) >= 11 is 7.13. The van der Waals surface area contributed by atoms with Gasteiger partial charge >= 0.3 is 0 Å². The Hall–Kier alpha value is -0.320. The van der Waals surface area contributed by atoms with Crippen LogP contribution < -0.4 is 10.1 Å². The highest BCUT2D eigenvalue weighted by atomic mass is 79.9. The summed E-state index contributed by atoms with van der Waals surface area (Å²) in [5, 5.41) is 3.39. The zero-order chi connectivity index (χ0) is 14.3. The Morgan fingerprint density at radius 1 is 1.26 bits per heavy atom. The van der Waals surface area contributed by atoms with E-state index in [9.17, 15) is 0 Å². The molecule has 0 fully saturated rings. The molecule has 1 N–H and O–H groups in total. The maximum atomic E-state index is 5.79. The average Bonchev–Trinajstić information content (AvgIpc) is 2.37. The maximum absolute atomic E-state index is 5.79. The van der Waals surface area contributed by atoms with E-state index in [0.29, 0.717) is 6.61 Å². The van der Waals surface area contributed by atoms with Crippen molar-refractivity contribution in [1.29, 1.82) is 0 Å². The number of ether oxygens (including phenoxy) is 1. The lowest BCUT2D eigenvalue weighted by Gasteiger charge is -2.13. The second-order valence-corrected chi connectivity index (χ2v) is 6.17. The van der Waals surface area contributed by atoms with Crippen molar-refractivity contribution >= 4 is 31.9 Å². The summed E-state index contributed by atoms with van der Waals surface area (Å²) in [6.07, 6.45) is 2.08. The van der Waals surface area contributed by atoms with E-state index in [-0.39, 0.29) is 0 Å². The molecule has 19 heavy (non-hydrogen) atoms. The summed E-state index contributed by atoms with van der Waals surface area (Å²) in [5.41, 5.74) is 2.32. The fourth-order valence-corrected chi connectivity index (χ4v) is 3.05. The van der Waals surface area contributed by atoms with Gasteiger partial charge in [-0.25, -0.2) is 0 Å². The van der Waals surface area contributed by atoms with Crippen molar-refractivity contribution in [3.8, 4) is 5.75 Å². The SMILES string of the molecule is C=C(CC)COc1c(Br)cc(CNCCC)cc1Br. The predicted molar refractivity (Wildman–Crippen MR) is 88.8 cm³/mol. The quantitative estimate of drug-likeness (QED) is 0.495. The number of rotatable bonds is 8. The van der Waals surface area contributed by atoms with E-state index in [1.54, 1.807) is 0 Å². The highest BCUT2D eigenvalue weighted by molar-refractivity contribution is 9.11. The van der Waals surface area contributed by atoms with Gasteiger partial charge in [-0.1, -0.05) is 20.4 Å². The Kier molecular flexibility index (Phi) is 7.73. The summed E-state index contributed by atoms with van der Waals surface area (Å²) in [5.74, 6) is 0.842. The fraction of sp³-hybridized carbons (Fsp3) is 0.467. The molecular formula is C15H21Br2NO. The minimum atomic E-state index is 0.557. The van der Waals surface area contributed by atoms with Crippen LogP contribution in [-0.4, -0.2) is 13.2 Å². The van der Waals surface area contributed by atoms with Crippen LogP contribution >= 0.6 is 31.9 Å². The van der Waals surface area contributed by atoms with Gasteiger partial charge in [0.2, 0.25) is 0 Å². The molecule has 2 nitrogen and oxygen atoms in total. The zero-order valence-corrected chi connectivity index (χ0v) is 14.7. The van der Waals surface area contributed by atoms with Crippen LogP contribution in [0, 0.1) is 0 Å². The largest absolute Gasteiger partial charge is 0.487 e. The normalized spacial score (nSPS) is 10.5. The van der Waals surface area contributed by atoms with E-state index < -0.39 is 0 Å². The summed E-state index contributed by atoms with van der Waals surface area (Å²) in [6, 6.07) is 4.19. The molecule has 0 spiro atoms. The van der Waals surface area contributed by atoms with Crippen LogP contribution in [0.3, 0.4) is 0 Å². The van der Waals surface area contributed by atoms with Crippen LogP contribution in [0.1, 0.15) is 32.3 Å². The average molecular weight is 391 g/mol. The van der Waals surface area contributed by atoms with Crippen LogP contribution in [0.5, 0.6) is 5.75 Å². The molecule has 1 rings (SSSR count). The molecule has 106 valence electrons. The second kappa shape index (κ2) is 8.77. The van der Waals surface area contributed by atoms with Crippen molar-refractivity contribution in [2.45, 2.75) is 33.2 Å². The van der Waals surface area contributed by atoms with E-state index in [4.69, 9.17) is 4.74 Å². The first-order chi connectivity index (χ1) is 9.08. The molecule has 0 bridgehead atoms. The van der Waals surface area contributed by atoms with Crippen molar-refractivity contribution in [2.24, 2.45) is 0 Å².